The maximum atomic E-state index is 14.2. The third-order valence-electron chi connectivity index (χ3n) is 9.76. The molecule has 0 bridgehead atoms. The number of nitrogens with zero attached hydrogens (tertiary/aromatic N) is 1. The Morgan fingerprint density at radius 3 is 1.77 bits per heavy atom. The largest absolute Gasteiger partial charge is 0.456 e. The van der Waals surface area contributed by atoms with Crippen LogP contribution in [0.5, 0.6) is 0 Å². The fraction of sp³-hybridized carbons (Fsp3) is 0. The van der Waals surface area contributed by atoms with Crippen LogP contribution in [0.1, 0.15) is 0 Å². The number of hydrogen-bond acceptors (Lipinski definition) is 2. The van der Waals surface area contributed by atoms with Crippen molar-refractivity contribution in [3.05, 3.63) is 174 Å². The second-order valence-corrected chi connectivity index (χ2v) is 12.4. The van der Waals surface area contributed by atoms with Gasteiger partial charge in [-0.1, -0.05) is 133 Å². The quantitative estimate of drug-likeness (QED) is 0.186. The molecule has 0 aliphatic carbocycles. The summed E-state index contributed by atoms with van der Waals surface area (Å²) in [5, 5.41) is 8.47. The minimum absolute atomic E-state index is 0.0240. The first-order chi connectivity index (χ1) is 23.7. The summed E-state index contributed by atoms with van der Waals surface area (Å²) < 4.78 is 8.76. The first kappa shape index (κ1) is 26.7. The zero-order valence-corrected chi connectivity index (χ0v) is 25.9. The summed E-state index contributed by atoms with van der Waals surface area (Å²) in [7, 11) is 0. The first-order valence-electron chi connectivity index (χ1n) is 16.2. The smallest absolute Gasteiger partial charge is 0.201 e. The molecule has 0 aliphatic heterocycles. The highest BCUT2D eigenvalue weighted by Gasteiger charge is 2.18. The van der Waals surface area contributed by atoms with Crippen LogP contribution < -0.4 is 5.43 Å². The van der Waals surface area contributed by atoms with E-state index in [-0.39, 0.29) is 5.43 Å². The van der Waals surface area contributed by atoms with E-state index in [0.29, 0.717) is 21.9 Å². The molecule has 10 rings (SSSR count). The van der Waals surface area contributed by atoms with Crippen LogP contribution in [0.15, 0.2) is 173 Å². The standard InChI is InChI=1S/C45H27NO2/c47-45-39-27-32(22-25-40(39)48-41-19-9-18-34(42(41)45)28-10-2-1-3-11-28)31-14-8-15-33(26-31)46-43-35-16-6-4-12-29(35)20-23-37(43)38-24-21-30-13-5-7-17-36(30)44(38)46/h1-27H. The number of benzene rings is 8. The lowest BCUT2D eigenvalue weighted by atomic mass is 9.98. The molecule has 3 heteroatoms. The van der Waals surface area contributed by atoms with Crippen LogP contribution in [0, 0.1) is 0 Å². The molecule has 0 spiro atoms. The summed E-state index contributed by atoms with van der Waals surface area (Å²) in [6, 6.07) is 56.6. The molecule has 0 radical (unpaired) electrons. The van der Waals surface area contributed by atoms with Crippen molar-refractivity contribution in [2.75, 3.05) is 0 Å². The Hall–Kier alpha value is -6.45. The summed E-state index contributed by atoms with van der Waals surface area (Å²) in [6.07, 6.45) is 0. The van der Waals surface area contributed by atoms with Crippen LogP contribution >= 0.6 is 0 Å². The molecule has 8 aromatic carbocycles. The Labute approximate surface area is 275 Å². The van der Waals surface area contributed by atoms with E-state index in [2.05, 4.69) is 102 Å². The maximum Gasteiger partial charge on any atom is 0.201 e. The van der Waals surface area contributed by atoms with Gasteiger partial charge in [-0.3, -0.25) is 4.79 Å². The van der Waals surface area contributed by atoms with E-state index in [0.717, 1.165) is 27.9 Å². The van der Waals surface area contributed by atoms with Crippen LogP contribution in [-0.4, -0.2) is 4.57 Å². The summed E-state index contributed by atoms with van der Waals surface area (Å²) in [5.74, 6) is 0. The van der Waals surface area contributed by atoms with E-state index in [9.17, 15) is 4.79 Å². The highest BCUT2D eigenvalue weighted by molar-refractivity contribution is 6.23. The Bertz CT molecular complexity index is 2870. The lowest BCUT2D eigenvalue weighted by molar-refractivity contribution is 0.660. The van der Waals surface area contributed by atoms with Crippen LogP contribution in [0.2, 0.25) is 0 Å². The average Bonchev–Trinajstić information content (AvgIpc) is 3.50. The Morgan fingerprint density at radius 2 is 1.04 bits per heavy atom. The van der Waals surface area contributed by atoms with Gasteiger partial charge in [-0.25, -0.2) is 0 Å². The van der Waals surface area contributed by atoms with Crippen molar-refractivity contribution >= 4 is 65.3 Å². The molecule has 0 amide bonds. The fourth-order valence-corrected chi connectivity index (χ4v) is 7.56. The molecule has 0 saturated carbocycles. The van der Waals surface area contributed by atoms with Crippen LogP contribution in [0.25, 0.3) is 93.2 Å². The number of rotatable bonds is 3. The Kier molecular flexibility index (Phi) is 5.73. The van der Waals surface area contributed by atoms with E-state index in [1.54, 1.807) is 0 Å². The summed E-state index contributed by atoms with van der Waals surface area (Å²) in [5.41, 5.74) is 8.45. The Balaban J connectivity index is 1.23. The first-order valence-corrected chi connectivity index (χ1v) is 16.2. The molecule has 0 aliphatic rings. The highest BCUT2D eigenvalue weighted by Crippen LogP contribution is 2.40. The predicted octanol–water partition coefficient (Wildman–Crippen LogP) is 11.7. The summed E-state index contributed by atoms with van der Waals surface area (Å²) in [6.45, 7) is 0. The van der Waals surface area contributed by atoms with Gasteiger partial charge in [0.2, 0.25) is 5.43 Å². The van der Waals surface area contributed by atoms with Crippen molar-refractivity contribution in [3.63, 3.8) is 0 Å². The van der Waals surface area contributed by atoms with Gasteiger partial charge in [0.25, 0.3) is 0 Å². The number of fused-ring (bicyclic) bond motifs is 9. The zero-order valence-electron chi connectivity index (χ0n) is 25.9. The SMILES string of the molecule is O=c1c2cc(-c3cccc(-n4c5c6ccccc6ccc5c5ccc6ccccc6c54)c3)ccc2oc2cccc(-c3ccccc3)c12. The van der Waals surface area contributed by atoms with Crippen molar-refractivity contribution in [1.29, 1.82) is 0 Å². The molecule has 0 N–H and O–H groups in total. The fourth-order valence-electron chi connectivity index (χ4n) is 7.56. The minimum atomic E-state index is -0.0240. The van der Waals surface area contributed by atoms with Gasteiger partial charge in [0.05, 0.1) is 21.8 Å². The van der Waals surface area contributed by atoms with Crippen molar-refractivity contribution in [1.82, 2.24) is 4.57 Å². The average molecular weight is 614 g/mol. The van der Waals surface area contributed by atoms with Gasteiger partial charge < -0.3 is 8.98 Å². The highest BCUT2D eigenvalue weighted by atomic mass is 16.3. The molecule has 2 aromatic heterocycles. The predicted molar refractivity (Wildman–Crippen MR) is 200 cm³/mol. The molecule has 3 nitrogen and oxygen atoms in total. The molecular weight excluding hydrogens is 587 g/mol. The third-order valence-corrected chi connectivity index (χ3v) is 9.76. The van der Waals surface area contributed by atoms with E-state index >= 15 is 0 Å². The third kappa shape index (κ3) is 3.91. The minimum Gasteiger partial charge on any atom is -0.456 e. The van der Waals surface area contributed by atoms with Crippen molar-refractivity contribution < 1.29 is 4.42 Å². The summed E-state index contributed by atoms with van der Waals surface area (Å²) >= 11 is 0. The van der Waals surface area contributed by atoms with Crippen LogP contribution in [0.4, 0.5) is 0 Å². The molecule has 0 atom stereocenters. The van der Waals surface area contributed by atoms with Gasteiger partial charge in [-0.2, -0.15) is 0 Å². The molecule has 10 aromatic rings. The van der Waals surface area contributed by atoms with Crippen molar-refractivity contribution in [2.45, 2.75) is 0 Å². The molecule has 0 unspecified atom stereocenters. The Morgan fingerprint density at radius 1 is 0.417 bits per heavy atom. The van der Waals surface area contributed by atoms with Gasteiger partial charge in [-0.15, -0.1) is 0 Å². The molecule has 0 fully saturated rings. The van der Waals surface area contributed by atoms with Crippen molar-refractivity contribution in [2.24, 2.45) is 0 Å². The van der Waals surface area contributed by atoms with E-state index in [4.69, 9.17) is 4.42 Å². The van der Waals surface area contributed by atoms with Gasteiger partial charge in [0, 0.05) is 27.2 Å². The van der Waals surface area contributed by atoms with Gasteiger partial charge in [0.15, 0.2) is 0 Å². The molecule has 2 heterocycles. The van der Waals surface area contributed by atoms with Gasteiger partial charge in [-0.05, 0) is 63.4 Å². The number of aromatic nitrogens is 1. The normalized spacial score (nSPS) is 11.8. The van der Waals surface area contributed by atoms with E-state index < -0.39 is 0 Å². The van der Waals surface area contributed by atoms with Crippen LogP contribution in [0.3, 0.4) is 0 Å². The van der Waals surface area contributed by atoms with E-state index in [1.165, 1.54) is 43.4 Å². The van der Waals surface area contributed by atoms with Crippen molar-refractivity contribution in [3.8, 4) is 27.9 Å². The lowest BCUT2D eigenvalue weighted by Crippen LogP contribution is -2.04. The maximum absolute atomic E-state index is 14.2. The summed E-state index contributed by atoms with van der Waals surface area (Å²) in [4.78, 5) is 14.2. The molecule has 0 saturated heterocycles. The molecular formula is C45H27NO2. The molecule has 48 heavy (non-hydrogen) atoms. The zero-order chi connectivity index (χ0) is 31.8. The number of hydrogen-bond donors (Lipinski definition) is 0. The lowest BCUT2D eigenvalue weighted by Gasteiger charge is -2.13. The second-order valence-electron chi connectivity index (χ2n) is 12.4. The van der Waals surface area contributed by atoms with E-state index in [1.807, 2.05) is 66.7 Å². The topological polar surface area (TPSA) is 35.1 Å². The molecule has 224 valence electrons. The monoisotopic (exact) mass is 613 g/mol. The van der Waals surface area contributed by atoms with Gasteiger partial charge in [0.1, 0.15) is 11.2 Å². The van der Waals surface area contributed by atoms with Crippen LogP contribution in [-0.2, 0) is 0 Å². The second kappa shape index (κ2) is 10.3. The van der Waals surface area contributed by atoms with Gasteiger partial charge >= 0.3 is 0 Å².